The van der Waals surface area contributed by atoms with Gasteiger partial charge in [-0.2, -0.15) is 13.2 Å². The number of benzene rings is 2. The summed E-state index contributed by atoms with van der Waals surface area (Å²) in [5.41, 5.74) is 6.02. The van der Waals surface area contributed by atoms with Crippen LogP contribution in [0.25, 0.3) is 11.4 Å². The van der Waals surface area contributed by atoms with E-state index >= 15 is 0 Å². The highest BCUT2D eigenvalue weighted by Gasteiger charge is 2.33. The molecule has 2 aromatic carbocycles. The Morgan fingerprint density at radius 2 is 1.93 bits per heavy atom. The summed E-state index contributed by atoms with van der Waals surface area (Å²) in [6.45, 7) is 2.46. The summed E-state index contributed by atoms with van der Waals surface area (Å²) < 4.78 is 41.0. The number of nitrogens with two attached hydrogens (primary N) is 1. The molecule has 0 fully saturated rings. The average molecular weight is 421 g/mol. The third-order valence-corrected chi connectivity index (χ3v) is 4.98. The number of nitrogen functional groups attached to an aromatic ring is 1. The largest absolute Gasteiger partial charge is 0.418 e. The minimum Gasteiger partial charge on any atom is -0.399 e. The smallest absolute Gasteiger partial charge is 0.399 e. The molecule has 3 aromatic rings. The van der Waals surface area contributed by atoms with Gasteiger partial charge < -0.3 is 15.6 Å². The van der Waals surface area contributed by atoms with Gasteiger partial charge in [0.15, 0.2) is 11.0 Å². The molecule has 0 aliphatic carbocycles. The summed E-state index contributed by atoms with van der Waals surface area (Å²) in [6, 6.07) is 12.0. The van der Waals surface area contributed by atoms with Gasteiger partial charge >= 0.3 is 6.18 Å². The number of alkyl halides is 3. The van der Waals surface area contributed by atoms with Crippen LogP contribution in [-0.2, 0) is 17.5 Å². The molecule has 6 nitrogen and oxygen atoms in total. The summed E-state index contributed by atoms with van der Waals surface area (Å²) >= 11 is 1.10. The molecule has 0 spiro atoms. The number of thioether (sulfide) groups is 1. The number of amides is 1. The lowest BCUT2D eigenvalue weighted by Crippen LogP contribution is -2.18. The molecule has 3 N–H and O–H groups in total. The van der Waals surface area contributed by atoms with Crippen molar-refractivity contribution in [2.24, 2.45) is 0 Å². The third-order valence-electron chi connectivity index (χ3n) is 4.02. The molecule has 0 saturated carbocycles. The van der Waals surface area contributed by atoms with Crippen LogP contribution in [0.3, 0.4) is 0 Å². The topological polar surface area (TPSA) is 85.8 Å². The van der Waals surface area contributed by atoms with E-state index in [2.05, 4.69) is 15.5 Å². The summed E-state index contributed by atoms with van der Waals surface area (Å²) in [6.07, 6.45) is -4.55. The number of hydrogen-bond donors (Lipinski definition) is 2. The van der Waals surface area contributed by atoms with Gasteiger partial charge in [-0.05, 0) is 31.2 Å². The monoisotopic (exact) mass is 421 g/mol. The van der Waals surface area contributed by atoms with Crippen molar-refractivity contribution in [2.45, 2.75) is 24.8 Å². The summed E-state index contributed by atoms with van der Waals surface area (Å²) in [5.74, 6) is -0.0747. The molecule has 152 valence electrons. The minimum absolute atomic E-state index is 0.110. The van der Waals surface area contributed by atoms with Crippen molar-refractivity contribution in [2.75, 3.05) is 16.8 Å². The molecule has 3 rings (SSSR count). The molecule has 0 aliphatic heterocycles. The molecular formula is C19H18F3N5OS. The predicted octanol–water partition coefficient (Wildman–Crippen LogP) is 4.30. The van der Waals surface area contributed by atoms with Crippen molar-refractivity contribution in [1.29, 1.82) is 0 Å². The zero-order chi connectivity index (χ0) is 21.0. The van der Waals surface area contributed by atoms with E-state index in [0.717, 1.165) is 23.4 Å². The van der Waals surface area contributed by atoms with Gasteiger partial charge in [0.25, 0.3) is 0 Å². The highest BCUT2D eigenvalue weighted by molar-refractivity contribution is 7.99. The van der Waals surface area contributed by atoms with Gasteiger partial charge in [-0.1, -0.05) is 36.0 Å². The zero-order valence-electron chi connectivity index (χ0n) is 15.4. The predicted molar refractivity (Wildman–Crippen MR) is 106 cm³/mol. The van der Waals surface area contributed by atoms with Crippen LogP contribution in [-0.4, -0.2) is 26.4 Å². The molecule has 0 unspecified atom stereocenters. The lowest BCUT2D eigenvalue weighted by molar-refractivity contribution is -0.137. The number of rotatable bonds is 6. The molecule has 1 amide bonds. The maximum Gasteiger partial charge on any atom is 0.418 e. The molecule has 1 heterocycles. The van der Waals surface area contributed by atoms with E-state index in [1.54, 1.807) is 18.2 Å². The number of hydrogen-bond acceptors (Lipinski definition) is 5. The third kappa shape index (κ3) is 4.89. The fourth-order valence-electron chi connectivity index (χ4n) is 2.73. The van der Waals surface area contributed by atoms with Crippen LogP contribution in [0.1, 0.15) is 12.5 Å². The second-order valence-electron chi connectivity index (χ2n) is 6.06. The number of para-hydroxylation sites is 1. The van der Waals surface area contributed by atoms with Gasteiger partial charge in [0.05, 0.1) is 17.0 Å². The Bertz CT molecular complexity index is 1020. The summed E-state index contributed by atoms with van der Waals surface area (Å²) in [4.78, 5) is 12.2. The number of carbonyl (C=O) groups excluding carboxylic acids is 1. The minimum atomic E-state index is -4.55. The Morgan fingerprint density at radius 3 is 2.62 bits per heavy atom. The molecule has 1 aromatic heterocycles. The van der Waals surface area contributed by atoms with Crippen LogP contribution < -0.4 is 11.1 Å². The summed E-state index contributed by atoms with van der Waals surface area (Å²) in [7, 11) is 0. The van der Waals surface area contributed by atoms with Crippen molar-refractivity contribution in [1.82, 2.24) is 14.8 Å². The number of anilines is 2. The maximum atomic E-state index is 13.1. The summed E-state index contributed by atoms with van der Waals surface area (Å²) in [5, 5.41) is 11.1. The fourth-order valence-corrected chi connectivity index (χ4v) is 3.53. The van der Waals surface area contributed by atoms with Crippen LogP contribution in [0.2, 0.25) is 0 Å². The van der Waals surface area contributed by atoms with Crippen molar-refractivity contribution in [3.8, 4) is 11.4 Å². The molecule has 0 saturated heterocycles. The Kier molecular flexibility index (Phi) is 6.12. The van der Waals surface area contributed by atoms with Crippen molar-refractivity contribution < 1.29 is 18.0 Å². The average Bonchev–Trinajstić information content (AvgIpc) is 3.09. The molecule has 10 heteroatoms. The van der Waals surface area contributed by atoms with Crippen LogP contribution in [0.4, 0.5) is 24.5 Å². The Labute approximate surface area is 169 Å². The lowest BCUT2D eigenvalue weighted by Gasteiger charge is -2.13. The standard InChI is InChI=1S/C19H18F3N5OS/c1-2-27-17(12-6-5-7-13(23)10-12)25-26-18(27)29-11-16(28)24-15-9-4-3-8-14(15)19(20,21)22/h3-10H,2,11,23H2,1H3,(H,24,28). The highest BCUT2D eigenvalue weighted by Crippen LogP contribution is 2.34. The van der Waals surface area contributed by atoms with Crippen LogP contribution in [0, 0.1) is 0 Å². The quantitative estimate of drug-likeness (QED) is 0.458. The first-order chi connectivity index (χ1) is 13.8. The van der Waals surface area contributed by atoms with Gasteiger partial charge in [-0.15, -0.1) is 10.2 Å². The van der Waals surface area contributed by atoms with E-state index in [-0.39, 0.29) is 11.4 Å². The van der Waals surface area contributed by atoms with E-state index in [0.29, 0.717) is 23.2 Å². The number of carbonyl (C=O) groups is 1. The van der Waals surface area contributed by atoms with Gasteiger partial charge in [-0.3, -0.25) is 4.79 Å². The second-order valence-corrected chi connectivity index (χ2v) is 7.00. The van der Waals surface area contributed by atoms with E-state index in [9.17, 15) is 18.0 Å². The number of nitrogens with zero attached hydrogens (tertiary/aromatic N) is 3. The SMILES string of the molecule is CCn1c(SCC(=O)Nc2ccccc2C(F)(F)F)nnc1-c1cccc(N)c1. The lowest BCUT2D eigenvalue weighted by atomic mass is 10.1. The molecule has 0 aliphatic rings. The maximum absolute atomic E-state index is 13.1. The fraction of sp³-hybridized carbons (Fsp3) is 0.211. The Hall–Kier alpha value is -3.01. The van der Waals surface area contributed by atoms with E-state index < -0.39 is 17.6 Å². The molecule has 29 heavy (non-hydrogen) atoms. The van der Waals surface area contributed by atoms with Crippen molar-refractivity contribution in [3.63, 3.8) is 0 Å². The first-order valence-corrected chi connectivity index (χ1v) is 9.66. The van der Waals surface area contributed by atoms with Gasteiger partial charge in [-0.25, -0.2) is 0 Å². The molecule has 0 bridgehead atoms. The van der Waals surface area contributed by atoms with Gasteiger partial charge in [0, 0.05) is 17.8 Å². The Balaban J connectivity index is 1.72. The highest BCUT2D eigenvalue weighted by atomic mass is 32.2. The van der Waals surface area contributed by atoms with Gasteiger partial charge in [0.2, 0.25) is 5.91 Å². The van der Waals surface area contributed by atoms with E-state index in [1.807, 2.05) is 17.6 Å². The number of nitrogens with one attached hydrogen (secondary N) is 1. The number of halogens is 3. The van der Waals surface area contributed by atoms with Gasteiger partial charge in [0.1, 0.15) is 0 Å². The molecule has 0 radical (unpaired) electrons. The van der Waals surface area contributed by atoms with Crippen molar-refractivity contribution >= 4 is 29.0 Å². The van der Waals surface area contributed by atoms with Crippen LogP contribution >= 0.6 is 11.8 Å². The molecular weight excluding hydrogens is 403 g/mol. The Morgan fingerprint density at radius 1 is 1.17 bits per heavy atom. The molecule has 0 atom stereocenters. The zero-order valence-corrected chi connectivity index (χ0v) is 16.2. The van der Waals surface area contributed by atoms with E-state index in [1.165, 1.54) is 18.2 Å². The second kappa shape index (κ2) is 8.56. The first kappa shape index (κ1) is 20.7. The van der Waals surface area contributed by atoms with Crippen LogP contribution in [0.15, 0.2) is 53.7 Å². The normalized spacial score (nSPS) is 11.4. The first-order valence-electron chi connectivity index (χ1n) is 8.67. The van der Waals surface area contributed by atoms with Crippen LogP contribution in [0.5, 0.6) is 0 Å². The number of aromatic nitrogens is 3. The van der Waals surface area contributed by atoms with Crippen molar-refractivity contribution in [3.05, 3.63) is 54.1 Å². The van der Waals surface area contributed by atoms with E-state index in [4.69, 9.17) is 5.73 Å².